The van der Waals surface area contributed by atoms with Gasteiger partial charge in [-0.1, -0.05) is 42.5 Å². The van der Waals surface area contributed by atoms with E-state index >= 15 is 0 Å². The first-order valence-corrected chi connectivity index (χ1v) is 8.83. The van der Waals surface area contributed by atoms with Crippen molar-refractivity contribution in [2.45, 2.75) is 6.42 Å². The summed E-state index contributed by atoms with van der Waals surface area (Å²) >= 11 is 0. The Morgan fingerprint density at radius 3 is 2.63 bits per heavy atom. The predicted octanol–water partition coefficient (Wildman–Crippen LogP) is 3.66. The SMILES string of the molecule is COc1ccccc1NNc1nnc(CC2=CCNC=C2)c2ccccc12. The molecule has 0 radical (unpaired) electrons. The summed E-state index contributed by atoms with van der Waals surface area (Å²) in [5.74, 6) is 1.43. The van der Waals surface area contributed by atoms with Crippen LogP contribution in [0.2, 0.25) is 0 Å². The van der Waals surface area contributed by atoms with Crippen LogP contribution < -0.4 is 20.9 Å². The van der Waals surface area contributed by atoms with Gasteiger partial charge in [-0.25, -0.2) is 0 Å². The Labute approximate surface area is 157 Å². The summed E-state index contributed by atoms with van der Waals surface area (Å²) in [7, 11) is 1.65. The van der Waals surface area contributed by atoms with Crippen LogP contribution in [0.1, 0.15) is 5.69 Å². The van der Waals surface area contributed by atoms with Crippen molar-refractivity contribution >= 4 is 22.3 Å². The van der Waals surface area contributed by atoms with Gasteiger partial charge in [-0.05, 0) is 30.0 Å². The molecule has 0 unspecified atom stereocenters. The highest BCUT2D eigenvalue weighted by Crippen LogP contribution is 2.27. The van der Waals surface area contributed by atoms with Crippen LogP contribution in [0.5, 0.6) is 5.75 Å². The van der Waals surface area contributed by atoms with Crippen LogP contribution >= 0.6 is 0 Å². The van der Waals surface area contributed by atoms with E-state index < -0.39 is 0 Å². The molecule has 3 N–H and O–H groups in total. The molecular weight excluding hydrogens is 338 g/mol. The van der Waals surface area contributed by atoms with Gasteiger partial charge in [-0.15, -0.1) is 5.10 Å². The second-order valence-corrected chi connectivity index (χ2v) is 6.19. The van der Waals surface area contributed by atoms with Gasteiger partial charge in [-0.3, -0.25) is 10.9 Å². The molecule has 0 bridgehead atoms. The van der Waals surface area contributed by atoms with Crippen LogP contribution in [0.3, 0.4) is 0 Å². The molecule has 6 nitrogen and oxygen atoms in total. The molecule has 6 heteroatoms. The number of hydrazine groups is 1. The van der Waals surface area contributed by atoms with Gasteiger partial charge in [0.15, 0.2) is 5.82 Å². The fourth-order valence-electron chi connectivity index (χ4n) is 3.07. The summed E-state index contributed by atoms with van der Waals surface area (Å²) in [4.78, 5) is 0. The lowest BCUT2D eigenvalue weighted by Crippen LogP contribution is -2.13. The molecule has 0 aliphatic carbocycles. The largest absolute Gasteiger partial charge is 0.495 e. The van der Waals surface area contributed by atoms with Crippen molar-refractivity contribution < 1.29 is 4.74 Å². The second-order valence-electron chi connectivity index (χ2n) is 6.19. The molecule has 2 aromatic carbocycles. The fourth-order valence-corrected chi connectivity index (χ4v) is 3.07. The van der Waals surface area contributed by atoms with Crippen molar-refractivity contribution in [1.82, 2.24) is 15.5 Å². The number of para-hydroxylation sites is 2. The molecule has 0 amide bonds. The molecule has 1 aliphatic heterocycles. The third-order valence-electron chi connectivity index (χ3n) is 4.46. The third kappa shape index (κ3) is 3.69. The molecule has 1 aromatic heterocycles. The van der Waals surface area contributed by atoms with Crippen molar-refractivity contribution in [3.63, 3.8) is 0 Å². The number of ether oxygens (including phenoxy) is 1. The zero-order valence-corrected chi connectivity index (χ0v) is 15.1. The molecule has 3 aromatic rings. The highest BCUT2D eigenvalue weighted by Gasteiger charge is 2.11. The van der Waals surface area contributed by atoms with Crippen LogP contribution in [0.4, 0.5) is 11.5 Å². The van der Waals surface area contributed by atoms with Crippen molar-refractivity contribution in [1.29, 1.82) is 0 Å². The number of hydrogen-bond acceptors (Lipinski definition) is 6. The summed E-state index contributed by atoms with van der Waals surface area (Å²) < 4.78 is 5.37. The van der Waals surface area contributed by atoms with Gasteiger partial charge in [0.25, 0.3) is 0 Å². The van der Waals surface area contributed by atoms with Gasteiger partial charge < -0.3 is 10.1 Å². The van der Waals surface area contributed by atoms with E-state index in [1.807, 2.05) is 48.7 Å². The molecule has 2 heterocycles. The number of benzene rings is 2. The van der Waals surface area contributed by atoms with E-state index in [4.69, 9.17) is 4.74 Å². The molecular formula is C21H21N5O. The van der Waals surface area contributed by atoms with Gasteiger partial charge in [0.05, 0.1) is 18.5 Å². The topological polar surface area (TPSA) is 71.1 Å². The Morgan fingerprint density at radius 2 is 1.81 bits per heavy atom. The first-order chi connectivity index (χ1) is 13.3. The highest BCUT2D eigenvalue weighted by atomic mass is 16.5. The summed E-state index contributed by atoms with van der Waals surface area (Å²) in [5.41, 5.74) is 9.37. The number of hydrogen-bond donors (Lipinski definition) is 3. The number of fused-ring (bicyclic) bond motifs is 1. The summed E-state index contributed by atoms with van der Waals surface area (Å²) in [6.45, 7) is 0.847. The summed E-state index contributed by atoms with van der Waals surface area (Å²) in [5, 5.41) is 14.2. The molecule has 0 saturated heterocycles. The van der Waals surface area contributed by atoms with Crippen LogP contribution in [-0.4, -0.2) is 23.9 Å². The van der Waals surface area contributed by atoms with E-state index in [0.29, 0.717) is 5.82 Å². The van der Waals surface area contributed by atoms with Gasteiger partial charge in [0, 0.05) is 23.7 Å². The van der Waals surface area contributed by atoms with Gasteiger partial charge in [0.2, 0.25) is 0 Å². The molecule has 1 aliphatic rings. The van der Waals surface area contributed by atoms with E-state index in [0.717, 1.165) is 40.9 Å². The Morgan fingerprint density at radius 1 is 1.00 bits per heavy atom. The number of dihydropyridines is 1. The van der Waals surface area contributed by atoms with Gasteiger partial charge in [-0.2, -0.15) is 5.10 Å². The van der Waals surface area contributed by atoms with E-state index in [1.165, 1.54) is 5.57 Å². The summed E-state index contributed by atoms with van der Waals surface area (Å²) in [6, 6.07) is 15.9. The number of nitrogens with one attached hydrogen (secondary N) is 3. The third-order valence-corrected chi connectivity index (χ3v) is 4.46. The average Bonchev–Trinajstić information content (AvgIpc) is 2.74. The fraction of sp³-hybridized carbons (Fsp3) is 0.143. The number of nitrogens with zero attached hydrogens (tertiary/aromatic N) is 2. The average molecular weight is 359 g/mol. The van der Waals surface area contributed by atoms with Crippen molar-refractivity contribution in [3.05, 3.63) is 78.1 Å². The molecule has 4 rings (SSSR count). The van der Waals surface area contributed by atoms with Crippen molar-refractivity contribution in [3.8, 4) is 5.75 Å². The Hall–Kier alpha value is -3.54. The van der Waals surface area contributed by atoms with E-state index in [2.05, 4.69) is 44.6 Å². The van der Waals surface area contributed by atoms with Crippen molar-refractivity contribution in [2.75, 3.05) is 24.5 Å². The monoisotopic (exact) mass is 359 g/mol. The highest BCUT2D eigenvalue weighted by molar-refractivity contribution is 5.93. The lowest BCUT2D eigenvalue weighted by Gasteiger charge is -2.15. The number of methoxy groups -OCH3 is 1. The second kappa shape index (κ2) is 7.78. The van der Waals surface area contributed by atoms with Crippen LogP contribution in [-0.2, 0) is 6.42 Å². The Bertz CT molecular complexity index is 1010. The van der Waals surface area contributed by atoms with Crippen LogP contribution in [0.15, 0.2) is 72.5 Å². The van der Waals surface area contributed by atoms with E-state index in [1.54, 1.807) is 7.11 Å². The quantitative estimate of drug-likeness (QED) is 0.584. The molecule has 27 heavy (non-hydrogen) atoms. The normalized spacial score (nSPS) is 13.0. The molecule has 0 fully saturated rings. The minimum Gasteiger partial charge on any atom is -0.495 e. The Balaban J connectivity index is 1.61. The minimum atomic E-state index is 0.676. The molecule has 0 saturated carbocycles. The zero-order chi connectivity index (χ0) is 18.5. The Kier molecular flexibility index (Phi) is 4.87. The maximum atomic E-state index is 5.37. The number of allylic oxidation sites excluding steroid dienone is 2. The smallest absolute Gasteiger partial charge is 0.175 e. The molecule has 136 valence electrons. The number of rotatable bonds is 6. The predicted molar refractivity (Wildman–Crippen MR) is 109 cm³/mol. The lowest BCUT2D eigenvalue weighted by molar-refractivity contribution is 0.416. The maximum Gasteiger partial charge on any atom is 0.175 e. The minimum absolute atomic E-state index is 0.676. The first-order valence-electron chi connectivity index (χ1n) is 8.83. The number of aromatic nitrogens is 2. The standard InChI is InChI=1S/C21H21N5O/c1-27-20-9-5-4-8-18(20)23-25-21-17-7-3-2-6-16(17)19(24-26-21)14-15-10-12-22-13-11-15/h2-12,22-23H,13-14H2,1H3,(H,25,26). The maximum absolute atomic E-state index is 5.37. The molecule has 0 spiro atoms. The van der Waals surface area contributed by atoms with Crippen LogP contribution in [0, 0.1) is 0 Å². The summed E-state index contributed by atoms with van der Waals surface area (Å²) in [6.07, 6.45) is 6.98. The number of anilines is 2. The van der Waals surface area contributed by atoms with E-state index in [9.17, 15) is 0 Å². The van der Waals surface area contributed by atoms with Gasteiger partial charge >= 0.3 is 0 Å². The van der Waals surface area contributed by atoms with E-state index in [-0.39, 0.29) is 0 Å². The van der Waals surface area contributed by atoms with Crippen molar-refractivity contribution in [2.24, 2.45) is 0 Å². The molecule has 0 atom stereocenters. The lowest BCUT2D eigenvalue weighted by atomic mass is 10.0. The van der Waals surface area contributed by atoms with Crippen LogP contribution in [0.25, 0.3) is 10.8 Å². The van der Waals surface area contributed by atoms with Gasteiger partial charge in [0.1, 0.15) is 5.75 Å². The zero-order valence-electron chi connectivity index (χ0n) is 15.1. The first kappa shape index (κ1) is 16.9.